The summed E-state index contributed by atoms with van der Waals surface area (Å²) in [5.41, 5.74) is 5.17. The van der Waals surface area contributed by atoms with Crippen molar-refractivity contribution in [3.63, 3.8) is 0 Å². The van der Waals surface area contributed by atoms with Crippen LogP contribution in [0.4, 0.5) is 10.1 Å². The number of nitrogens with two attached hydrogens (primary N) is 1. The number of sulfonamides is 1. The Morgan fingerprint density at radius 3 is 2.85 bits per heavy atom. The van der Waals surface area contributed by atoms with E-state index in [-0.39, 0.29) is 21.6 Å². The molecule has 3 N–H and O–H groups in total. The molecule has 2 rings (SSSR count). The van der Waals surface area contributed by atoms with Crippen LogP contribution in [-0.4, -0.2) is 24.5 Å². The topological polar surface area (TPSA) is 90.0 Å². The minimum atomic E-state index is -3.76. The second-order valence-electron chi connectivity index (χ2n) is 4.00. The summed E-state index contributed by atoms with van der Waals surface area (Å²) in [7, 11) is -3.76. The summed E-state index contributed by atoms with van der Waals surface area (Å²) >= 11 is 3.02. The summed E-state index contributed by atoms with van der Waals surface area (Å²) in [5.74, 6) is -0.672. The Balaban J connectivity index is 2.12. The van der Waals surface area contributed by atoms with E-state index in [2.05, 4.69) is 25.6 Å². The second-order valence-corrected chi connectivity index (χ2v) is 6.59. The fourth-order valence-electron chi connectivity index (χ4n) is 1.56. The average molecular weight is 363 g/mol. The van der Waals surface area contributed by atoms with E-state index in [1.165, 1.54) is 0 Å². The molecule has 0 bridgehead atoms. The zero-order chi connectivity index (χ0) is 14.8. The van der Waals surface area contributed by atoms with Crippen molar-refractivity contribution in [2.24, 2.45) is 0 Å². The van der Waals surface area contributed by atoms with E-state index in [1.54, 1.807) is 23.3 Å². The molecule has 1 heterocycles. The molecule has 1 aromatic heterocycles. The molecular weight excluding hydrogens is 351 g/mol. The van der Waals surface area contributed by atoms with Crippen LogP contribution in [0.3, 0.4) is 0 Å². The van der Waals surface area contributed by atoms with Crippen LogP contribution in [0.1, 0.15) is 0 Å². The van der Waals surface area contributed by atoms with E-state index >= 15 is 0 Å². The standard InChI is InChI=1S/C11H12BrFN4O2S/c12-8-5-9(13)10(14)6-11(8)20(18,19)16-2-4-17-3-1-15-7-17/h1,3,5-7,16H,2,4,14H2. The summed E-state index contributed by atoms with van der Waals surface area (Å²) in [6, 6.07) is 2.11. The maximum Gasteiger partial charge on any atom is 0.241 e. The third kappa shape index (κ3) is 3.35. The van der Waals surface area contributed by atoms with E-state index in [9.17, 15) is 12.8 Å². The van der Waals surface area contributed by atoms with Crippen LogP contribution in [0.25, 0.3) is 0 Å². The monoisotopic (exact) mass is 362 g/mol. The number of nitrogen functional groups attached to an aromatic ring is 1. The summed E-state index contributed by atoms with van der Waals surface area (Å²) in [6.07, 6.45) is 4.91. The molecule has 1 aromatic carbocycles. The van der Waals surface area contributed by atoms with Crippen LogP contribution >= 0.6 is 15.9 Å². The third-order valence-electron chi connectivity index (χ3n) is 2.56. The van der Waals surface area contributed by atoms with E-state index in [0.29, 0.717) is 6.54 Å². The van der Waals surface area contributed by atoms with Crippen molar-refractivity contribution in [3.8, 4) is 0 Å². The lowest BCUT2D eigenvalue weighted by Gasteiger charge is -2.10. The van der Waals surface area contributed by atoms with Gasteiger partial charge in [-0.05, 0) is 28.1 Å². The lowest BCUT2D eigenvalue weighted by molar-refractivity contribution is 0.571. The fraction of sp³-hybridized carbons (Fsp3) is 0.182. The van der Waals surface area contributed by atoms with Gasteiger partial charge in [-0.3, -0.25) is 0 Å². The van der Waals surface area contributed by atoms with Gasteiger partial charge in [0, 0.05) is 30.0 Å². The van der Waals surface area contributed by atoms with Crippen LogP contribution in [-0.2, 0) is 16.6 Å². The highest BCUT2D eigenvalue weighted by atomic mass is 79.9. The number of nitrogens with one attached hydrogen (secondary N) is 1. The first-order valence-corrected chi connectivity index (χ1v) is 7.87. The van der Waals surface area contributed by atoms with Gasteiger partial charge >= 0.3 is 0 Å². The Labute approximate surface area is 124 Å². The molecule has 0 aliphatic rings. The van der Waals surface area contributed by atoms with Gasteiger partial charge in [0.05, 0.1) is 16.9 Å². The van der Waals surface area contributed by atoms with Crippen LogP contribution in [0.15, 0.2) is 40.2 Å². The molecule has 0 aliphatic carbocycles. The molecule has 108 valence electrons. The predicted molar refractivity (Wildman–Crippen MR) is 75.9 cm³/mol. The summed E-state index contributed by atoms with van der Waals surface area (Å²) < 4.78 is 41.7. The highest BCUT2D eigenvalue weighted by molar-refractivity contribution is 9.10. The zero-order valence-corrected chi connectivity index (χ0v) is 12.7. The summed E-state index contributed by atoms with van der Waals surface area (Å²) in [4.78, 5) is 3.76. The molecule has 0 spiro atoms. The van der Waals surface area contributed by atoms with Crippen LogP contribution in [0.2, 0.25) is 0 Å². The molecule has 2 aromatic rings. The fourth-order valence-corrected chi connectivity index (χ4v) is 3.62. The van der Waals surface area contributed by atoms with Gasteiger partial charge < -0.3 is 10.3 Å². The van der Waals surface area contributed by atoms with Crippen LogP contribution in [0, 0.1) is 5.82 Å². The normalized spacial score (nSPS) is 11.7. The van der Waals surface area contributed by atoms with Gasteiger partial charge in [0.2, 0.25) is 10.0 Å². The smallest absolute Gasteiger partial charge is 0.241 e. The van der Waals surface area contributed by atoms with Crippen molar-refractivity contribution in [3.05, 3.63) is 41.1 Å². The van der Waals surface area contributed by atoms with Crippen molar-refractivity contribution in [1.29, 1.82) is 0 Å². The lowest BCUT2D eigenvalue weighted by atomic mass is 10.3. The summed E-state index contributed by atoms with van der Waals surface area (Å²) in [6.45, 7) is 0.621. The van der Waals surface area contributed by atoms with Crippen molar-refractivity contribution >= 4 is 31.6 Å². The van der Waals surface area contributed by atoms with Gasteiger partial charge in [-0.15, -0.1) is 0 Å². The van der Waals surface area contributed by atoms with Gasteiger partial charge in [-0.2, -0.15) is 0 Å². The van der Waals surface area contributed by atoms with Gasteiger partial charge in [0.25, 0.3) is 0 Å². The zero-order valence-electron chi connectivity index (χ0n) is 10.3. The minimum Gasteiger partial charge on any atom is -0.396 e. The van der Waals surface area contributed by atoms with Gasteiger partial charge in [0.1, 0.15) is 5.82 Å². The highest BCUT2D eigenvalue weighted by Crippen LogP contribution is 2.26. The molecule has 0 saturated carbocycles. The van der Waals surface area contributed by atoms with E-state index in [1.807, 2.05) is 0 Å². The molecule has 9 heteroatoms. The second kappa shape index (κ2) is 5.90. The van der Waals surface area contributed by atoms with Crippen molar-refractivity contribution in [2.75, 3.05) is 12.3 Å². The van der Waals surface area contributed by atoms with Crippen molar-refractivity contribution in [2.45, 2.75) is 11.4 Å². The van der Waals surface area contributed by atoms with Gasteiger partial charge in [-0.1, -0.05) is 0 Å². The Hall–Kier alpha value is -1.45. The number of aromatic nitrogens is 2. The molecule has 0 fully saturated rings. The van der Waals surface area contributed by atoms with E-state index < -0.39 is 15.8 Å². The number of anilines is 1. The summed E-state index contributed by atoms with van der Waals surface area (Å²) in [5, 5.41) is 0. The maximum atomic E-state index is 13.2. The number of halogens is 2. The molecular formula is C11H12BrFN4O2S. The van der Waals surface area contributed by atoms with Crippen molar-refractivity contribution in [1.82, 2.24) is 14.3 Å². The Morgan fingerprint density at radius 1 is 1.45 bits per heavy atom. The minimum absolute atomic E-state index is 0.0953. The Bertz CT molecular complexity index is 703. The van der Waals surface area contributed by atoms with Gasteiger partial charge in [-0.25, -0.2) is 22.5 Å². The van der Waals surface area contributed by atoms with Crippen LogP contribution in [0.5, 0.6) is 0 Å². The molecule has 0 unspecified atom stereocenters. The van der Waals surface area contributed by atoms with E-state index in [0.717, 1.165) is 12.1 Å². The molecule has 0 amide bonds. The predicted octanol–water partition coefficient (Wildman–Crippen LogP) is 1.35. The Kier molecular flexibility index (Phi) is 4.41. The molecule has 0 saturated heterocycles. The quantitative estimate of drug-likeness (QED) is 0.785. The molecule has 0 atom stereocenters. The largest absolute Gasteiger partial charge is 0.396 e. The first-order valence-electron chi connectivity index (χ1n) is 5.60. The molecule has 6 nitrogen and oxygen atoms in total. The average Bonchev–Trinajstić information content (AvgIpc) is 2.86. The number of nitrogens with zero attached hydrogens (tertiary/aromatic N) is 2. The molecule has 0 aliphatic heterocycles. The third-order valence-corrected chi connectivity index (χ3v) is 4.98. The lowest BCUT2D eigenvalue weighted by Crippen LogP contribution is -2.27. The number of hydrogen-bond acceptors (Lipinski definition) is 4. The Morgan fingerprint density at radius 2 is 2.20 bits per heavy atom. The first-order chi connectivity index (χ1) is 9.40. The first kappa shape index (κ1) is 14.9. The van der Waals surface area contributed by atoms with Crippen molar-refractivity contribution < 1.29 is 12.8 Å². The highest BCUT2D eigenvalue weighted by Gasteiger charge is 2.19. The number of imidazole rings is 1. The molecule has 0 radical (unpaired) electrons. The molecule has 20 heavy (non-hydrogen) atoms. The maximum absolute atomic E-state index is 13.2. The van der Waals surface area contributed by atoms with E-state index in [4.69, 9.17) is 5.73 Å². The number of benzene rings is 1. The van der Waals surface area contributed by atoms with Gasteiger partial charge in [0.15, 0.2) is 0 Å². The SMILES string of the molecule is Nc1cc(S(=O)(=O)NCCn2ccnc2)c(Br)cc1F. The number of rotatable bonds is 5. The number of hydrogen-bond donors (Lipinski definition) is 2. The van der Waals surface area contributed by atoms with Crippen LogP contribution < -0.4 is 10.5 Å².